The van der Waals surface area contributed by atoms with Gasteiger partial charge in [-0.1, -0.05) is 25.5 Å². The number of hydrogen-bond acceptors (Lipinski definition) is 2. The molecular weight excluding hydrogens is 238 g/mol. The highest BCUT2D eigenvalue weighted by atomic mass is 16.1. The SMILES string of the molecule is CCCCC(=O)NCCCn1cnc2ccccc21. The Balaban J connectivity index is 1.75. The highest BCUT2D eigenvalue weighted by Gasteiger charge is 2.02. The number of nitrogens with zero attached hydrogens (tertiary/aromatic N) is 2. The molecular formula is C15H21N3O. The van der Waals surface area contributed by atoms with Crippen molar-refractivity contribution in [3.05, 3.63) is 30.6 Å². The van der Waals surface area contributed by atoms with Crippen molar-refractivity contribution in [2.24, 2.45) is 0 Å². The molecule has 0 aliphatic carbocycles. The van der Waals surface area contributed by atoms with Crippen LogP contribution in [0.15, 0.2) is 30.6 Å². The molecule has 0 spiro atoms. The molecule has 1 N–H and O–H groups in total. The lowest BCUT2D eigenvalue weighted by Crippen LogP contribution is -2.24. The highest BCUT2D eigenvalue weighted by Crippen LogP contribution is 2.11. The summed E-state index contributed by atoms with van der Waals surface area (Å²) in [5, 5.41) is 2.96. The van der Waals surface area contributed by atoms with Crippen LogP contribution < -0.4 is 5.32 Å². The lowest BCUT2D eigenvalue weighted by Gasteiger charge is -2.06. The van der Waals surface area contributed by atoms with Gasteiger partial charge in [0.2, 0.25) is 5.91 Å². The Bertz CT molecular complexity index is 533. The van der Waals surface area contributed by atoms with Gasteiger partial charge in [0.15, 0.2) is 0 Å². The van der Waals surface area contributed by atoms with E-state index >= 15 is 0 Å². The molecule has 0 bridgehead atoms. The first-order valence-electron chi connectivity index (χ1n) is 6.98. The van der Waals surface area contributed by atoms with E-state index in [0.29, 0.717) is 6.42 Å². The number of rotatable bonds is 7. The van der Waals surface area contributed by atoms with Crippen LogP contribution in [0.3, 0.4) is 0 Å². The van der Waals surface area contributed by atoms with Gasteiger partial charge in [0, 0.05) is 19.5 Å². The zero-order valence-corrected chi connectivity index (χ0v) is 11.4. The molecule has 0 saturated heterocycles. The number of imidazole rings is 1. The van der Waals surface area contributed by atoms with Gasteiger partial charge in [0.05, 0.1) is 17.4 Å². The number of carbonyl (C=O) groups excluding carboxylic acids is 1. The van der Waals surface area contributed by atoms with Gasteiger partial charge in [-0.05, 0) is 25.0 Å². The van der Waals surface area contributed by atoms with Crippen molar-refractivity contribution in [2.75, 3.05) is 6.54 Å². The van der Waals surface area contributed by atoms with Crippen molar-refractivity contribution >= 4 is 16.9 Å². The smallest absolute Gasteiger partial charge is 0.219 e. The number of para-hydroxylation sites is 2. The average molecular weight is 259 g/mol. The van der Waals surface area contributed by atoms with Crippen molar-refractivity contribution in [3.63, 3.8) is 0 Å². The zero-order valence-electron chi connectivity index (χ0n) is 11.4. The minimum atomic E-state index is 0.164. The lowest BCUT2D eigenvalue weighted by molar-refractivity contribution is -0.121. The van der Waals surface area contributed by atoms with Crippen LogP contribution in [0.25, 0.3) is 11.0 Å². The van der Waals surface area contributed by atoms with Gasteiger partial charge in [-0.3, -0.25) is 4.79 Å². The summed E-state index contributed by atoms with van der Waals surface area (Å²) in [6, 6.07) is 8.10. The molecule has 0 aliphatic heterocycles. The third kappa shape index (κ3) is 3.81. The van der Waals surface area contributed by atoms with Crippen molar-refractivity contribution in [1.82, 2.24) is 14.9 Å². The number of benzene rings is 1. The topological polar surface area (TPSA) is 46.9 Å². The van der Waals surface area contributed by atoms with Gasteiger partial charge in [-0.2, -0.15) is 0 Å². The van der Waals surface area contributed by atoms with E-state index in [1.165, 1.54) is 0 Å². The molecule has 4 nitrogen and oxygen atoms in total. The fraction of sp³-hybridized carbons (Fsp3) is 0.467. The maximum absolute atomic E-state index is 11.4. The molecule has 0 saturated carbocycles. The third-order valence-electron chi connectivity index (χ3n) is 3.18. The Labute approximate surface area is 113 Å². The summed E-state index contributed by atoms with van der Waals surface area (Å²) in [4.78, 5) is 15.8. The van der Waals surface area contributed by atoms with E-state index in [1.54, 1.807) is 0 Å². The second kappa shape index (κ2) is 6.92. The Kier molecular flexibility index (Phi) is 4.95. The molecule has 102 valence electrons. The highest BCUT2D eigenvalue weighted by molar-refractivity contribution is 5.76. The first-order valence-corrected chi connectivity index (χ1v) is 6.98. The van der Waals surface area contributed by atoms with E-state index in [4.69, 9.17) is 0 Å². The molecule has 19 heavy (non-hydrogen) atoms. The number of hydrogen-bond donors (Lipinski definition) is 1. The molecule has 4 heteroatoms. The number of carbonyl (C=O) groups is 1. The quantitative estimate of drug-likeness (QED) is 0.777. The molecule has 0 radical (unpaired) electrons. The number of aromatic nitrogens is 2. The van der Waals surface area contributed by atoms with Crippen molar-refractivity contribution in [2.45, 2.75) is 39.2 Å². The van der Waals surface area contributed by atoms with Crippen LogP contribution in [0.4, 0.5) is 0 Å². The van der Waals surface area contributed by atoms with Crippen LogP contribution in [-0.2, 0) is 11.3 Å². The zero-order chi connectivity index (χ0) is 13.5. The normalized spacial score (nSPS) is 10.8. The Morgan fingerprint density at radius 1 is 1.32 bits per heavy atom. The van der Waals surface area contributed by atoms with Gasteiger partial charge in [0.25, 0.3) is 0 Å². The second-order valence-electron chi connectivity index (χ2n) is 4.73. The van der Waals surface area contributed by atoms with Crippen molar-refractivity contribution < 1.29 is 4.79 Å². The fourth-order valence-electron chi connectivity index (χ4n) is 2.09. The maximum atomic E-state index is 11.4. The summed E-state index contributed by atoms with van der Waals surface area (Å²) in [6.07, 6.45) is 5.47. The van der Waals surface area contributed by atoms with Gasteiger partial charge < -0.3 is 9.88 Å². The molecule has 0 atom stereocenters. The van der Waals surface area contributed by atoms with Gasteiger partial charge in [0.1, 0.15) is 0 Å². The Hall–Kier alpha value is -1.84. The molecule has 0 unspecified atom stereocenters. The summed E-state index contributed by atoms with van der Waals surface area (Å²) in [5.41, 5.74) is 2.18. The monoisotopic (exact) mass is 259 g/mol. The first kappa shape index (κ1) is 13.6. The van der Waals surface area contributed by atoms with Crippen LogP contribution in [0, 0.1) is 0 Å². The predicted molar refractivity (Wildman–Crippen MR) is 76.9 cm³/mol. The van der Waals surface area contributed by atoms with Crippen molar-refractivity contribution in [1.29, 1.82) is 0 Å². The summed E-state index contributed by atoms with van der Waals surface area (Å²) in [7, 11) is 0. The molecule has 1 aromatic carbocycles. The first-order chi connectivity index (χ1) is 9.31. The average Bonchev–Trinajstić information content (AvgIpc) is 2.85. The van der Waals surface area contributed by atoms with Gasteiger partial charge in [-0.25, -0.2) is 4.98 Å². The number of nitrogens with one attached hydrogen (secondary N) is 1. The standard InChI is InChI=1S/C15H21N3O/c1-2-3-9-15(19)16-10-6-11-18-12-17-13-7-4-5-8-14(13)18/h4-5,7-8,12H,2-3,6,9-11H2,1H3,(H,16,19). The number of aryl methyl sites for hydroxylation is 1. The lowest BCUT2D eigenvalue weighted by atomic mass is 10.2. The summed E-state index contributed by atoms with van der Waals surface area (Å²) in [5.74, 6) is 0.164. The predicted octanol–water partition coefficient (Wildman–Crippen LogP) is 2.73. The molecule has 0 fully saturated rings. The van der Waals surface area contributed by atoms with Crippen LogP contribution in [-0.4, -0.2) is 22.0 Å². The molecule has 1 heterocycles. The second-order valence-corrected chi connectivity index (χ2v) is 4.73. The number of unbranched alkanes of at least 4 members (excludes halogenated alkanes) is 1. The summed E-state index contributed by atoms with van der Waals surface area (Å²) < 4.78 is 2.13. The minimum Gasteiger partial charge on any atom is -0.356 e. The van der Waals surface area contributed by atoms with Crippen LogP contribution >= 0.6 is 0 Å². The van der Waals surface area contributed by atoms with Crippen LogP contribution in [0.5, 0.6) is 0 Å². The Morgan fingerprint density at radius 2 is 2.16 bits per heavy atom. The van der Waals surface area contributed by atoms with E-state index in [0.717, 1.165) is 43.4 Å². The molecule has 1 aromatic heterocycles. The van der Waals surface area contributed by atoms with E-state index in [-0.39, 0.29) is 5.91 Å². The molecule has 0 aliphatic rings. The van der Waals surface area contributed by atoms with E-state index in [2.05, 4.69) is 27.9 Å². The number of fused-ring (bicyclic) bond motifs is 1. The maximum Gasteiger partial charge on any atom is 0.219 e. The summed E-state index contributed by atoms with van der Waals surface area (Å²) in [6.45, 7) is 3.71. The van der Waals surface area contributed by atoms with E-state index in [9.17, 15) is 4.79 Å². The minimum absolute atomic E-state index is 0.164. The molecule has 1 amide bonds. The molecule has 2 aromatic rings. The van der Waals surface area contributed by atoms with Crippen LogP contribution in [0.1, 0.15) is 32.6 Å². The fourth-order valence-corrected chi connectivity index (χ4v) is 2.09. The van der Waals surface area contributed by atoms with E-state index in [1.807, 2.05) is 24.5 Å². The van der Waals surface area contributed by atoms with Crippen LogP contribution in [0.2, 0.25) is 0 Å². The molecule has 2 rings (SSSR count). The van der Waals surface area contributed by atoms with Gasteiger partial charge in [-0.15, -0.1) is 0 Å². The summed E-state index contributed by atoms with van der Waals surface area (Å²) >= 11 is 0. The largest absolute Gasteiger partial charge is 0.356 e. The van der Waals surface area contributed by atoms with E-state index < -0.39 is 0 Å². The number of amides is 1. The third-order valence-corrected chi connectivity index (χ3v) is 3.18. The van der Waals surface area contributed by atoms with Crippen molar-refractivity contribution in [3.8, 4) is 0 Å². The van der Waals surface area contributed by atoms with Gasteiger partial charge >= 0.3 is 0 Å². The Morgan fingerprint density at radius 3 is 3.00 bits per heavy atom.